The molecule has 29 heavy (non-hydrogen) atoms. The highest BCUT2D eigenvalue weighted by Crippen LogP contribution is 2.25. The molecule has 0 atom stereocenters. The summed E-state index contributed by atoms with van der Waals surface area (Å²) in [5, 5.41) is 0.996. The maximum atomic E-state index is 14.8. The first-order valence-corrected chi connectivity index (χ1v) is 9.13. The van der Waals surface area contributed by atoms with Crippen molar-refractivity contribution in [2.24, 2.45) is 0 Å². The average molecular weight is 382 g/mol. The molecule has 2 aromatic carbocycles. The van der Waals surface area contributed by atoms with E-state index in [-0.39, 0.29) is 23.4 Å². The summed E-state index contributed by atoms with van der Waals surface area (Å²) in [5.41, 5.74) is 3.49. The van der Waals surface area contributed by atoms with Crippen LogP contribution in [0, 0.1) is 5.82 Å². The van der Waals surface area contributed by atoms with Gasteiger partial charge >= 0.3 is 0 Å². The van der Waals surface area contributed by atoms with E-state index in [0.29, 0.717) is 11.1 Å². The molecule has 0 bridgehead atoms. The van der Waals surface area contributed by atoms with Crippen LogP contribution in [-0.4, -0.2) is 19.5 Å². The number of halogens is 1. The summed E-state index contributed by atoms with van der Waals surface area (Å²) in [7, 11) is 0. The quantitative estimate of drug-likeness (QED) is 0.469. The van der Waals surface area contributed by atoms with Gasteiger partial charge < -0.3 is 0 Å². The summed E-state index contributed by atoms with van der Waals surface area (Å²) in [5.74, 6) is -0.373. The largest absolute Gasteiger partial charge is 0.293 e. The van der Waals surface area contributed by atoms with Crippen LogP contribution in [0.1, 0.15) is 5.56 Å². The maximum absolute atomic E-state index is 14.8. The van der Waals surface area contributed by atoms with Gasteiger partial charge in [-0.05, 0) is 47.5 Å². The van der Waals surface area contributed by atoms with Crippen molar-refractivity contribution in [3.63, 3.8) is 0 Å². The molecule has 3 aromatic heterocycles. The smallest absolute Gasteiger partial charge is 0.280 e. The lowest BCUT2D eigenvalue weighted by Gasteiger charge is -2.10. The fourth-order valence-electron chi connectivity index (χ4n) is 3.39. The summed E-state index contributed by atoms with van der Waals surface area (Å²) in [6.07, 6.45) is 4.72. The Morgan fingerprint density at radius 3 is 2.52 bits per heavy atom. The minimum atomic E-state index is -0.373. The van der Waals surface area contributed by atoms with E-state index in [2.05, 4.69) is 15.0 Å². The third-order valence-electron chi connectivity index (χ3n) is 4.92. The van der Waals surface area contributed by atoms with E-state index in [0.717, 1.165) is 22.0 Å². The predicted molar refractivity (Wildman–Crippen MR) is 110 cm³/mol. The first kappa shape index (κ1) is 17.2. The Hall–Kier alpha value is -3.93. The number of hydrogen-bond acceptors (Lipinski definition) is 4. The van der Waals surface area contributed by atoms with Crippen molar-refractivity contribution >= 4 is 21.9 Å². The summed E-state index contributed by atoms with van der Waals surface area (Å²) in [4.78, 5) is 25.2. The normalized spacial score (nSPS) is 11.2. The first-order valence-electron chi connectivity index (χ1n) is 9.13. The number of rotatable bonds is 3. The lowest BCUT2D eigenvalue weighted by molar-refractivity contribution is 0.595. The van der Waals surface area contributed by atoms with Crippen molar-refractivity contribution in [3.05, 3.63) is 101 Å². The molecule has 0 unspecified atom stereocenters. The number of nitrogens with zero attached hydrogens (tertiary/aromatic N) is 4. The molecule has 3 heterocycles. The molecule has 6 heteroatoms. The number of aromatic nitrogens is 4. The fourth-order valence-corrected chi connectivity index (χ4v) is 3.39. The molecule has 0 aliphatic heterocycles. The van der Waals surface area contributed by atoms with Gasteiger partial charge in [-0.1, -0.05) is 24.3 Å². The van der Waals surface area contributed by atoms with Gasteiger partial charge in [-0.2, -0.15) is 0 Å². The molecule has 0 N–H and O–H groups in total. The number of fused-ring (bicyclic) bond motifs is 2. The van der Waals surface area contributed by atoms with Crippen LogP contribution in [0.25, 0.3) is 33.1 Å². The van der Waals surface area contributed by atoms with E-state index >= 15 is 0 Å². The van der Waals surface area contributed by atoms with E-state index in [1.165, 1.54) is 17.0 Å². The van der Waals surface area contributed by atoms with Gasteiger partial charge in [0.05, 0.1) is 23.9 Å². The molecule has 5 rings (SSSR count). The molecule has 5 aromatic rings. The van der Waals surface area contributed by atoms with E-state index < -0.39 is 0 Å². The van der Waals surface area contributed by atoms with Gasteiger partial charge in [-0.25, -0.2) is 14.4 Å². The second kappa shape index (κ2) is 6.91. The highest BCUT2D eigenvalue weighted by molar-refractivity contribution is 5.84. The van der Waals surface area contributed by atoms with E-state index in [1.54, 1.807) is 30.6 Å². The number of benzene rings is 2. The Morgan fingerprint density at radius 2 is 1.62 bits per heavy atom. The van der Waals surface area contributed by atoms with Crippen molar-refractivity contribution < 1.29 is 4.39 Å². The van der Waals surface area contributed by atoms with Crippen molar-refractivity contribution in [1.82, 2.24) is 19.5 Å². The SMILES string of the molecule is O=c1c2ncccc2ncn1Cc1ccc(-c2ccc3ncccc3c2)cc1F. The van der Waals surface area contributed by atoms with Crippen molar-refractivity contribution in [2.75, 3.05) is 0 Å². The van der Waals surface area contributed by atoms with Crippen LogP contribution in [0.5, 0.6) is 0 Å². The Balaban J connectivity index is 1.50. The fraction of sp³-hybridized carbons (Fsp3) is 0.0435. The molecular formula is C23H15FN4O. The first-order chi connectivity index (χ1) is 14.2. The van der Waals surface area contributed by atoms with Crippen LogP contribution in [0.15, 0.2) is 84.2 Å². The Kier molecular flexibility index (Phi) is 4.09. The Labute approximate surface area is 165 Å². The van der Waals surface area contributed by atoms with Crippen LogP contribution in [0.2, 0.25) is 0 Å². The molecule has 0 aliphatic rings. The molecule has 0 aliphatic carbocycles. The summed E-state index contributed by atoms with van der Waals surface area (Å²) in [6.45, 7) is 0.0894. The second-order valence-corrected chi connectivity index (χ2v) is 6.77. The zero-order chi connectivity index (χ0) is 19.8. The lowest BCUT2D eigenvalue weighted by atomic mass is 10.0. The van der Waals surface area contributed by atoms with Crippen molar-refractivity contribution in [3.8, 4) is 11.1 Å². The van der Waals surface area contributed by atoms with Gasteiger partial charge in [0.25, 0.3) is 5.56 Å². The highest BCUT2D eigenvalue weighted by atomic mass is 19.1. The minimum absolute atomic E-state index is 0.0894. The highest BCUT2D eigenvalue weighted by Gasteiger charge is 2.10. The molecule has 0 fully saturated rings. The van der Waals surface area contributed by atoms with Crippen LogP contribution in [0.4, 0.5) is 4.39 Å². The van der Waals surface area contributed by atoms with Crippen LogP contribution in [0.3, 0.4) is 0 Å². The molecule has 140 valence electrons. The standard InChI is InChI=1S/C23H15FN4O/c24-19-12-16(15-7-8-20-17(11-15)3-1-9-25-20)5-6-18(19)13-28-14-27-21-4-2-10-26-22(21)23(28)29/h1-12,14H,13H2. The Morgan fingerprint density at radius 1 is 0.828 bits per heavy atom. The van der Waals surface area contributed by atoms with E-state index in [1.807, 2.05) is 36.4 Å². The lowest BCUT2D eigenvalue weighted by Crippen LogP contribution is -2.22. The molecule has 0 saturated heterocycles. The van der Waals surface area contributed by atoms with Gasteiger partial charge in [0.1, 0.15) is 5.82 Å². The molecule has 5 nitrogen and oxygen atoms in total. The van der Waals surface area contributed by atoms with Gasteiger partial charge in [-0.3, -0.25) is 14.3 Å². The maximum Gasteiger partial charge on any atom is 0.280 e. The summed E-state index contributed by atoms with van der Waals surface area (Å²) >= 11 is 0. The zero-order valence-corrected chi connectivity index (χ0v) is 15.3. The molecule has 0 saturated carbocycles. The van der Waals surface area contributed by atoms with Gasteiger partial charge in [0, 0.05) is 23.3 Å². The average Bonchev–Trinajstić information content (AvgIpc) is 2.76. The second-order valence-electron chi connectivity index (χ2n) is 6.77. The molecule has 0 spiro atoms. The van der Waals surface area contributed by atoms with Crippen molar-refractivity contribution in [1.29, 1.82) is 0 Å². The van der Waals surface area contributed by atoms with E-state index in [4.69, 9.17) is 0 Å². The Bertz CT molecular complexity index is 1430. The third kappa shape index (κ3) is 3.14. The zero-order valence-electron chi connectivity index (χ0n) is 15.3. The van der Waals surface area contributed by atoms with Crippen LogP contribution >= 0.6 is 0 Å². The van der Waals surface area contributed by atoms with Crippen molar-refractivity contribution in [2.45, 2.75) is 6.54 Å². The summed E-state index contributed by atoms with van der Waals surface area (Å²) < 4.78 is 16.2. The molecular weight excluding hydrogens is 367 g/mol. The molecule has 0 radical (unpaired) electrons. The predicted octanol–water partition coefficient (Wildman–Crippen LogP) is 4.19. The topological polar surface area (TPSA) is 60.7 Å². The third-order valence-corrected chi connectivity index (χ3v) is 4.92. The van der Waals surface area contributed by atoms with Crippen LogP contribution < -0.4 is 5.56 Å². The number of pyridine rings is 2. The van der Waals surface area contributed by atoms with Gasteiger partial charge in [0.2, 0.25) is 0 Å². The number of hydrogen-bond donors (Lipinski definition) is 0. The minimum Gasteiger partial charge on any atom is -0.293 e. The van der Waals surface area contributed by atoms with Crippen LogP contribution in [-0.2, 0) is 6.54 Å². The van der Waals surface area contributed by atoms with E-state index in [9.17, 15) is 9.18 Å². The van der Waals surface area contributed by atoms with Gasteiger partial charge in [-0.15, -0.1) is 0 Å². The molecule has 0 amide bonds. The van der Waals surface area contributed by atoms with Gasteiger partial charge in [0.15, 0.2) is 5.52 Å². The monoisotopic (exact) mass is 382 g/mol. The summed E-state index contributed by atoms with van der Waals surface area (Å²) in [6, 6.07) is 18.2.